The van der Waals surface area contributed by atoms with Gasteiger partial charge in [0.15, 0.2) is 0 Å². The third-order valence-electron chi connectivity index (χ3n) is 2.55. The number of nitrogens with two attached hydrogens (primary N) is 1. The van der Waals surface area contributed by atoms with Crippen LogP contribution >= 0.6 is 0 Å². The second-order valence-corrected chi connectivity index (χ2v) is 4.04. The van der Waals surface area contributed by atoms with Crippen molar-refractivity contribution in [3.05, 3.63) is 0 Å². The summed E-state index contributed by atoms with van der Waals surface area (Å²) in [4.78, 5) is 6.64. The third kappa shape index (κ3) is 7.99. The largest absolute Gasteiger partial charge is 0.383 e. The normalized spacial score (nSPS) is 11.6. The number of hydrogen-bond donors (Lipinski definition) is 2. The molecule has 5 heteroatoms. The summed E-state index contributed by atoms with van der Waals surface area (Å²) >= 11 is 0. The number of ether oxygens (including phenoxy) is 1. The highest BCUT2D eigenvalue weighted by molar-refractivity contribution is 5.79. The summed E-state index contributed by atoms with van der Waals surface area (Å²) in [5.41, 5.74) is 2.70. The average molecular weight is 244 g/mol. The molecule has 0 saturated carbocycles. The minimum absolute atomic E-state index is 0.626. The van der Waals surface area contributed by atoms with Crippen LogP contribution in [0.4, 0.5) is 0 Å². The maximum atomic E-state index is 5.54. The molecule has 0 bridgehead atoms. The van der Waals surface area contributed by atoms with Crippen molar-refractivity contribution < 1.29 is 4.74 Å². The molecule has 0 aromatic carbocycles. The second kappa shape index (κ2) is 11.7. The average Bonchev–Trinajstić information content (AvgIpc) is 2.36. The molecule has 0 aromatic heterocycles. The fourth-order valence-corrected chi connectivity index (χ4v) is 1.50. The molecular weight excluding hydrogens is 216 g/mol. The first-order valence-electron chi connectivity index (χ1n) is 6.55. The van der Waals surface area contributed by atoms with Crippen molar-refractivity contribution >= 4 is 5.96 Å². The molecule has 0 unspecified atom stereocenters. The quantitative estimate of drug-likeness (QED) is 0.211. The molecule has 17 heavy (non-hydrogen) atoms. The molecule has 5 nitrogen and oxygen atoms in total. The number of methoxy groups -OCH3 is 1. The Morgan fingerprint density at radius 2 is 1.82 bits per heavy atom. The van der Waals surface area contributed by atoms with E-state index in [1.54, 1.807) is 7.11 Å². The molecule has 0 amide bonds. The van der Waals surface area contributed by atoms with E-state index >= 15 is 0 Å². The first-order chi connectivity index (χ1) is 8.29. The van der Waals surface area contributed by atoms with Gasteiger partial charge in [0.05, 0.1) is 13.2 Å². The highest BCUT2D eigenvalue weighted by atomic mass is 16.5. The molecule has 102 valence electrons. The van der Waals surface area contributed by atoms with Gasteiger partial charge in [0, 0.05) is 20.2 Å². The van der Waals surface area contributed by atoms with Gasteiger partial charge in [0.25, 0.3) is 0 Å². The van der Waals surface area contributed by atoms with Crippen molar-refractivity contribution in [3.8, 4) is 0 Å². The van der Waals surface area contributed by atoms with Gasteiger partial charge in [0.2, 0.25) is 5.96 Å². The molecule has 0 aliphatic carbocycles. The van der Waals surface area contributed by atoms with Gasteiger partial charge in [-0.05, 0) is 12.8 Å². The van der Waals surface area contributed by atoms with E-state index in [-0.39, 0.29) is 0 Å². The first-order valence-corrected chi connectivity index (χ1v) is 6.55. The molecule has 0 fully saturated rings. The van der Waals surface area contributed by atoms with E-state index in [2.05, 4.69) is 29.2 Å². The molecular formula is C12H28N4O. The van der Waals surface area contributed by atoms with Crippen molar-refractivity contribution in [2.24, 2.45) is 10.8 Å². The highest BCUT2D eigenvalue weighted by Gasteiger charge is 2.08. The van der Waals surface area contributed by atoms with Crippen LogP contribution < -0.4 is 11.3 Å². The first kappa shape index (κ1) is 16.2. The maximum absolute atomic E-state index is 5.54. The summed E-state index contributed by atoms with van der Waals surface area (Å²) in [6.45, 7) is 7.66. The summed E-state index contributed by atoms with van der Waals surface area (Å²) in [5, 5.41) is 0. The molecule has 3 N–H and O–H groups in total. The van der Waals surface area contributed by atoms with Crippen LogP contribution in [-0.2, 0) is 4.74 Å². The van der Waals surface area contributed by atoms with E-state index in [9.17, 15) is 0 Å². The zero-order valence-electron chi connectivity index (χ0n) is 11.5. The van der Waals surface area contributed by atoms with E-state index in [1.165, 1.54) is 12.8 Å². The summed E-state index contributed by atoms with van der Waals surface area (Å²) in [6, 6.07) is 0. The van der Waals surface area contributed by atoms with Crippen LogP contribution in [0.3, 0.4) is 0 Å². The zero-order chi connectivity index (χ0) is 12.9. The second-order valence-electron chi connectivity index (χ2n) is 4.04. The molecule has 0 radical (unpaired) electrons. The Labute approximate surface area is 105 Å². The predicted octanol–water partition coefficient (Wildman–Crippen LogP) is 1.35. The number of nitrogens with zero attached hydrogens (tertiary/aromatic N) is 2. The van der Waals surface area contributed by atoms with Crippen LogP contribution in [0.2, 0.25) is 0 Å². The Hall–Kier alpha value is -0.810. The van der Waals surface area contributed by atoms with Gasteiger partial charge in [0.1, 0.15) is 0 Å². The SMILES string of the molecule is CCCCN(CCCC)C(=NCCOC)NN. The minimum Gasteiger partial charge on any atom is -0.383 e. The van der Waals surface area contributed by atoms with Gasteiger partial charge in [-0.1, -0.05) is 26.7 Å². The Morgan fingerprint density at radius 3 is 2.24 bits per heavy atom. The van der Waals surface area contributed by atoms with Crippen LogP contribution in [0.25, 0.3) is 0 Å². The maximum Gasteiger partial charge on any atom is 0.208 e. The number of hydrazine groups is 1. The Morgan fingerprint density at radius 1 is 1.24 bits per heavy atom. The number of rotatable bonds is 9. The van der Waals surface area contributed by atoms with Crippen molar-refractivity contribution in [1.82, 2.24) is 10.3 Å². The van der Waals surface area contributed by atoms with Crippen molar-refractivity contribution in [1.29, 1.82) is 0 Å². The lowest BCUT2D eigenvalue weighted by atomic mass is 10.3. The number of aliphatic imine (C=N–C) groups is 1. The number of unbranched alkanes of at least 4 members (excludes halogenated alkanes) is 2. The van der Waals surface area contributed by atoms with E-state index in [0.29, 0.717) is 13.2 Å². The topological polar surface area (TPSA) is 62.9 Å². The van der Waals surface area contributed by atoms with E-state index in [1.807, 2.05) is 0 Å². The van der Waals surface area contributed by atoms with Crippen LogP contribution in [0.15, 0.2) is 4.99 Å². The summed E-state index contributed by atoms with van der Waals surface area (Å²) in [5.74, 6) is 6.32. The number of guanidine groups is 1. The van der Waals surface area contributed by atoms with Gasteiger partial charge in [-0.25, -0.2) is 10.8 Å². The Balaban J connectivity index is 4.30. The van der Waals surface area contributed by atoms with Gasteiger partial charge in [-0.15, -0.1) is 0 Å². The molecule has 0 saturated heterocycles. The van der Waals surface area contributed by atoms with Gasteiger partial charge in [-0.2, -0.15) is 0 Å². The third-order valence-corrected chi connectivity index (χ3v) is 2.55. The fraction of sp³-hybridized carbons (Fsp3) is 0.917. The monoisotopic (exact) mass is 244 g/mol. The van der Waals surface area contributed by atoms with Crippen molar-refractivity contribution in [3.63, 3.8) is 0 Å². The molecule has 0 atom stereocenters. The zero-order valence-corrected chi connectivity index (χ0v) is 11.5. The van der Waals surface area contributed by atoms with E-state index in [4.69, 9.17) is 10.6 Å². The minimum atomic E-state index is 0.626. The summed E-state index contributed by atoms with van der Waals surface area (Å²) in [6.07, 6.45) is 4.68. The standard InChI is InChI=1S/C12H28N4O/c1-4-6-9-16(10-7-5-2)12(15-13)14-8-11-17-3/h4-11,13H2,1-3H3,(H,14,15). The molecule has 0 aromatic rings. The lowest BCUT2D eigenvalue weighted by molar-refractivity contribution is 0.207. The highest BCUT2D eigenvalue weighted by Crippen LogP contribution is 1.99. The number of nitrogens with one attached hydrogen (secondary N) is 1. The van der Waals surface area contributed by atoms with E-state index < -0.39 is 0 Å². The molecule has 0 spiro atoms. The van der Waals surface area contributed by atoms with Gasteiger partial charge >= 0.3 is 0 Å². The Bertz CT molecular complexity index is 189. The Kier molecular flexibility index (Phi) is 11.1. The van der Waals surface area contributed by atoms with Crippen LogP contribution in [0, 0.1) is 0 Å². The van der Waals surface area contributed by atoms with E-state index in [0.717, 1.165) is 31.9 Å². The van der Waals surface area contributed by atoms with Crippen LogP contribution in [-0.4, -0.2) is 44.2 Å². The smallest absolute Gasteiger partial charge is 0.208 e. The predicted molar refractivity (Wildman–Crippen MR) is 72.9 cm³/mol. The lowest BCUT2D eigenvalue weighted by Crippen LogP contribution is -2.46. The molecule has 0 rings (SSSR count). The summed E-state index contributed by atoms with van der Waals surface area (Å²) < 4.78 is 4.98. The molecule has 0 aliphatic rings. The lowest BCUT2D eigenvalue weighted by Gasteiger charge is -2.25. The fourth-order valence-electron chi connectivity index (χ4n) is 1.50. The summed E-state index contributed by atoms with van der Waals surface area (Å²) in [7, 11) is 1.68. The van der Waals surface area contributed by atoms with Gasteiger partial charge < -0.3 is 9.64 Å². The molecule has 0 aliphatic heterocycles. The van der Waals surface area contributed by atoms with Crippen LogP contribution in [0.1, 0.15) is 39.5 Å². The van der Waals surface area contributed by atoms with Crippen molar-refractivity contribution in [2.75, 3.05) is 33.4 Å². The van der Waals surface area contributed by atoms with Crippen molar-refractivity contribution in [2.45, 2.75) is 39.5 Å². The van der Waals surface area contributed by atoms with Crippen LogP contribution in [0.5, 0.6) is 0 Å². The number of hydrogen-bond acceptors (Lipinski definition) is 3. The van der Waals surface area contributed by atoms with Gasteiger partial charge in [-0.3, -0.25) is 5.43 Å². The molecule has 0 heterocycles.